The summed E-state index contributed by atoms with van der Waals surface area (Å²) in [5, 5.41) is 41.6. The van der Waals surface area contributed by atoms with E-state index in [0.29, 0.717) is 30.1 Å². The first-order valence-electron chi connectivity index (χ1n) is 12.9. The Bertz CT molecular complexity index is 666. The molecule has 5 heteroatoms. The number of hydrogen-bond acceptors (Lipinski definition) is 4. The minimum atomic E-state index is -0.726. The number of fused-ring (bicyclic) bond motifs is 5. The van der Waals surface area contributed by atoms with E-state index in [1.165, 1.54) is 12.8 Å². The van der Waals surface area contributed by atoms with Gasteiger partial charge in [-0.25, -0.2) is 0 Å². The maximum atomic E-state index is 11.3. The lowest BCUT2D eigenvalue weighted by Crippen LogP contribution is -2.64. The summed E-state index contributed by atoms with van der Waals surface area (Å²) in [5.41, 5.74) is 0.218. The molecule has 178 valence electrons. The summed E-state index contributed by atoms with van der Waals surface area (Å²) in [6, 6.07) is 0. The molecule has 5 nitrogen and oxygen atoms in total. The standard InChI is InChI=1S/C26H44O5/c1-15(6-4-5-7-21(28)29)17-8-9-18-22-19(11-13-25(17,18)2)26(3)12-10-16(27)14-20(26)23(30)24(22)31/h15-20,22-24,27,30-31H,4-14H2,1-3H3,(H,28,29)/t15-,16-,17-,18+,19+,20+,22+,23-,24-,25-,26-/m1/s1. The van der Waals surface area contributed by atoms with Crippen molar-refractivity contribution in [3.63, 3.8) is 0 Å². The molecule has 4 fully saturated rings. The summed E-state index contributed by atoms with van der Waals surface area (Å²) >= 11 is 0. The first-order valence-corrected chi connectivity index (χ1v) is 12.9. The van der Waals surface area contributed by atoms with Gasteiger partial charge in [0.15, 0.2) is 0 Å². The molecule has 0 amide bonds. The van der Waals surface area contributed by atoms with Crippen LogP contribution in [0.5, 0.6) is 0 Å². The summed E-state index contributed by atoms with van der Waals surface area (Å²) in [7, 11) is 0. The quantitative estimate of drug-likeness (QED) is 0.467. The highest BCUT2D eigenvalue weighted by atomic mass is 16.4. The Balaban J connectivity index is 1.50. The summed E-state index contributed by atoms with van der Waals surface area (Å²) in [5.74, 6) is 1.53. The highest BCUT2D eigenvalue weighted by molar-refractivity contribution is 5.66. The molecule has 0 bridgehead atoms. The maximum Gasteiger partial charge on any atom is 0.303 e. The molecule has 0 aromatic heterocycles. The second-order valence-electron chi connectivity index (χ2n) is 12.2. The van der Waals surface area contributed by atoms with Crippen LogP contribution in [-0.2, 0) is 4.79 Å². The first-order chi connectivity index (χ1) is 14.6. The average molecular weight is 437 g/mol. The van der Waals surface area contributed by atoms with Gasteiger partial charge in [0.05, 0.1) is 18.3 Å². The Hall–Kier alpha value is -0.650. The van der Waals surface area contributed by atoms with E-state index < -0.39 is 18.2 Å². The molecule has 31 heavy (non-hydrogen) atoms. The number of aliphatic hydroxyl groups excluding tert-OH is 3. The molecule has 4 rings (SSSR count). The van der Waals surface area contributed by atoms with E-state index in [1.54, 1.807) is 0 Å². The molecular weight excluding hydrogens is 392 g/mol. The molecule has 0 aliphatic heterocycles. The molecule has 0 spiro atoms. The van der Waals surface area contributed by atoms with Crippen molar-refractivity contribution in [3.05, 3.63) is 0 Å². The van der Waals surface area contributed by atoms with Gasteiger partial charge >= 0.3 is 5.97 Å². The molecule has 0 heterocycles. The average Bonchev–Trinajstić information content (AvgIpc) is 3.07. The van der Waals surface area contributed by atoms with Crippen molar-refractivity contribution in [3.8, 4) is 0 Å². The zero-order valence-electron chi connectivity index (χ0n) is 19.7. The molecule has 4 saturated carbocycles. The molecule has 4 aliphatic rings. The van der Waals surface area contributed by atoms with Gasteiger partial charge in [0, 0.05) is 6.42 Å². The van der Waals surface area contributed by atoms with E-state index in [4.69, 9.17) is 5.11 Å². The van der Waals surface area contributed by atoms with E-state index in [1.807, 2.05) is 0 Å². The minimum Gasteiger partial charge on any atom is -0.481 e. The van der Waals surface area contributed by atoms with Crippen molar-refractivity contribution in [2.45, 2.75) is 110 Å². The van der Waals surface area contributed by atoms with Gasteiger partial charge in [-0.05, 0) is 97.7 Å². The van der Waals surface area contributed by atoms with Crippen molar-refractivity contribution in [2.24, 2.45) is 46.3 Å². The Kier molecular flexibility index (Phi) is 6.53. The highest BCUT2D eigenvalue weighted by Gasteiger charge is 2.65. The molecular formula is C26H44O5. The number of aliphatic carboxylic acids is 1. The highest BCUT2D eigenvalue weighted by Crippen LogP contribution is 2.68. The van der Waals surface area contributed by atoms with Crippen molar-refractivity contribution in [2.75, 3.05) is 0 Å². The van der Waals surface area contributed by atoms with Crippen LogP contribution in [0.1, 0.15) is 91.4 Å². The lowest BCUT2D eigenvalue weighted by Gasteiger charge is -2.63. The van der Waals surface area contributed by atoms with Gasteiger partial charge in [0.25, 0.3) is 0 Å². The van der Waals surface area contributed by atoms with E-state index >= 15 is 0 Å². The lowest BCUT2D eigenvalue weighted by molar-refractivity contribution is -0.223. The van der Waals surface area contributed by atoms with Crippen LogP contribution < -0.4 is 0 Å². The van der Waals surface area contributed by atoms with Crippen molar-refractivity contribution in [1.29, 1.82) is 0 Å². The molecule has 0 radical (unpaired) electrons. The number of carbonyl (C=O) groups is 1. The number of unbranched alkanes of at least 4 members (excludes halogenated alkanes) is 1. The van der Waals surface area contributed by atoms with E-state index in [0.717, 1.165) is 44.9 Å². The van der Waals surface area contributed by atoms with Gasteiger partial charge < -0.3 is 20.4 Å². The van der Waals surface area contributed by atoms with Crippen LogP contribution in [-0.4, -0.2) is 44.7 Å². The Morgan fingerprint density at radius 3 is 2.29 bits per heavy atom. The Morgan fingerprint density at radius 2 is 1.58 bits per heavy atom. The molecule has 0 aromatic rings. The van der Waals surface area contributed by atoms with Crippen LogP contribution in [0.3, 0.4) is 0 Å². The van der Waals surface area contributed by atoms with Gasteiger partial charge in [-0.15, -0.1) is 0 Å². The van der Waals surface area contributed by atoms with Crippen LogP contribution >= 0.6 is 0 Å². The summed E-state index contributed by atoms with van der Waals surface area (Å²) in [6.45, 7) is 7.12. The fourth-order valence-corrected chi connectivity index (χ4v) is 9.16. The van der Waals surface area contributed by atoms with Crippen LogP contribution in [0.15, 0.2) is 0 Å². The zero-order chi connectivity index (χ0) is 22.6. The number of aliphatic hydroxyl groups is 3. The SMILES string of the molecule is C[C@H](CCCCC(=O)O)[C@H]1CC[C@H]2[C@@H]3[C@@H](O)[C@H](O)[C@@H]4C[C@H](O)CC[C@]4(C)[C@H]3CC[C@]12C. The lowest BCUT2D eigenvalue weighted by atomic mass is 9.43. The molecule has 0 unspecified atom stereocenters. The normalized spacial score (nSPS) is 50.3. The Labute approximate surface area is 187 Å². The van der Waals surface area contributed by atoms with Crippen molar-refractivity contribution < 1.29 is 25.2 Å². The zero-order valence-corrected chi connectivity index (χ0v) is 19.7. The van der Waals surface area contributed by atoms with E-state index in [2.05, 4.69) is 20.8 Å². The van der Waals surface area contributed by atoms with Gasteiger partial charge in [-0.1, -0.05) is 33.6 Å². The summed E-state index contributed by atoms with van der Waals surface area (Å²) < 4.78 is 0. The monoisotopic (exact) mass is 436 g/mol. The number of rotatable bonds is 6. The van der Waals surface area contributed by atoms with Gasteiger partial charge in [0.2, 0.25) is 0 Å². The Morgan fingerprint density at radius 1 is 0.903 bits per heavy atom. The predicted octanol–water partition coefficient (Wildman–Crippen LogP) is 4.23. The third kappa shape index (κ3) is 3.87. The van der Waals surface area contributed by atoms with E-state index in [-0.39, 0.29) is 35.2 Å². The minimum absolute atomic E-state index is 0.00205. The second kappa shape index (κ2) is 8.61. The maximum absolute atomic E-state index is 11.3. The number of carboxylic acids is 1. The van der Waals surface area contributed by atoms with Gasteiger partial charge in [-0.2, -0.15) is 0 Å². The summed E-state index contributed by atoms with van der Waals surface area (Å²) in [6.07, 6.45) is 8.35. The second-order valence-corrected chi connectivity index (χ2v) is 12.2. The van der Waals surface area contributed by atoms with Crippen LogP contribution in [0.2, 0.25) is 0 Å². The molecule has 4 N–H and O–H groups in total. The molecule has 0 saturated heterocycles. The fraction of sp³-hybridized carbons (Fsp3) is 0.962. The van der Waals surface area contributed by atoms with Crippen molar-refractivity contribution >= 4 is 5.97 Å². The van der Waals surface area contributed by atoms with Gasteiger partial charge in [0.1, 0.15) is 0 Å². The predicted molar refractivity (Wildman–Crippen MR) is 119 cm³/mol. The van der Waals surface area contributed by atoms with E-state index in [9.17, 15) is 20.1 Å². The third-order valence-electron chi connectivity index (χ3n) is 10.8. The largest absolute Gasteiger partial charge is 0.481 e. The number of carboxylic acid groups (broad SMARTS) is 1. The fourth-order valence-electron chi connectivity index (χ4n) is 9.16. The third-order valence-corrected chi connectivity index (χ3v) is 10.8. The van der Waals surface area contributed by atoms with Gasteiger partial charge in [-0.3, -0.25) is 4.79 Å². The smallest absolute Gasteiger partial charge is 0.303 e. The number of hydrogen-bond donors (Lipinski definition) is 4. The topological polar surface area (TPSA) is 98.0 Å². The first kappa shape index (κ1) is 23.5. The van der Waals surface area contributed by atoms with Crippen LogP contribution in [0, 0.1) is 46.3 Å². The van der Waals surface area contributed by atoms with Crippen molar-refractivity contribution in [1.82, 2.24) is 0 Å². The molecule has 11 atom stereocenters. The van der Waals surface area contributed by atoms with Crippen LogP contribution in [0.4, 0.5) is 0 Å². The van der Waals surface area contributed by atoms with Crippen LogP contribution in [0.25, 0.3) is 0 Å². The molecule has 0 aromatic carbocycles. The summed E-state index contributed by atoms with van der Waals surface area (Å²) in [4.78, 5) is 10.8. The molecule has 4 aliphatic carbocycles.